The number of rotatable bonds is 2. The Labute approximate surface area is 98.6 Å². The van der Waals surface area contributed by atoms with E-state index in [1.165, 1.54) is 58.8 Å². The van der Waals surface area contributed by atoms with Gasteiger partial charge in [0, 0.05) is 57.9 Å². The van der Waals surface area contributed by atoms with E-state index in [0.717, 1.165) is 12.1 Å². The van der Waals surface area contributed by atoms with Crippen LogP contribution in [-0.4, -0.2) is 86.2 Å². The molecule has 0 aromatic carbocycles. The molecule has 3 saturated heterocycles. The Bertz CT molecular complexity index is 225. The maximum absolute atomic E-state index is 3.46. The van der Waals surface area contributed by atoms with Gasteiger partial charge in [0.1, 0.15) is 0 Å². The second-order valence-corrected chi connectivity index (χ2v) is 5.59. The first-order valence-electron chi connectivity index (χ1n) is 6.70. The number of likely N-dealkylation sites (tertiary alicyclic amines) is 1. The molecule has 3 aliphatic rings. The maximum Gasteiger partial charge on any atom is 0.0351 e. The Hall–Kier alpha value is -0.160. The molecule has 4 heteroatoms. The van der Waals surface area contributed by atoms with Crippen LogP contribution in [0.25, 0.3) is 0 Å². The third-order valence-corrected chi connectivity index (χ3v) is 4.50. The van der Waals surface area contributed by atoms with Crippen LogP contribution in [0.3, 0.4) is 0 Å². The molecule has 3 fully saturated rings. The smallest absolute Gasteiger partial charge is 0.0351 e. The van der Waals surface area contributed by atoms with Crippen LogP contribution in [0.2, 0.25) is 0 Å². The summed E-state index contributed by atoms with van der Waals surface area (Å²) in [5, 5.41) is 3.46. The molecule has 0 aromatic rings. The Kier molecular flexibility index (Phi) is 3.16. The fourth-order valence-electron chi connectivity index (χ4n) is 3.16. The summed E-state index contributed by atoms with van der Waals surface area (Å²) in [7, 11) is 2.23. The third-order valence-electron chi connectivity index (χ3n) is 4.50. The highest BCUT2D eigenvalue weighted by molar-refractivity contribution is 4.95. The summed E-state index contributed by atoms with van der Waals surface area (Å²) in [6.45, 7) is 10.1. The summed E-state index contributed by atoms with van der Waals surface area (Å²) in [5.74, 6) is 0. The fraction of sp³-hybridized carbons (Fsp3) is 1.00. The average Bonchev–Trinajstić information content (AvgIpc) is 2.72. The van der Waals surface area contributed by atoms with E-state index in [-0.39, 0.29) is 0 Å². The van der Waals surface area contributed by atoms with Gasteiger partial charge in [-0.05, 0) is 20.0 Å². The van der Waals surface area contributed by atoms with Gasteiger partial charge >= 0.3 is 0 Å². The zero-order valence-corrected chi connectivity index (χ0v) is 10.4. The molecule has 4 nitrogen and oxygen atoms in total. The minimum Gasteiger partial charge on any atom is -0.315 e. The van der Waals surface area contributed by atoms with Crippen LogP contribution in [0, 0.1) is 0 Å². The first-order chi connectivity index (χ1) is 7.83. The molecule has 3 heterocycles. The molecular weight excluding hydrogens is 200 g/mol. The minimum atomic E-state index is 0.837. The van der Waals surface area contributed by atoms with Gasteiger partial charge in [-0.1, -0.05) is 0 Å². The van der Waals surface area contributed by atoms with Crippen LogP contribution in [0.5, 0.6) is 0 Å². The van der Waals surface area contributed by atoms with Gasteiger partial charge < -0.3 is 10.2 Å². The van der Waals surface area contributed by atoms with Crippen LogP contribution in [0.4, 0.5) is 0 Å². The van der Waals surface area contributed by atoms with E-state index >= 15 is 0 Å². The zero-order chi connectivity index (χ0) is 11.0. The average molecular weight is 224 g/mol. The lowest BCUT2D eigenvalue weighted by atomic mass is 10.0. The second kappa shape index (κ2) is 4.61. The highest BCUT2D eigenvalue weighted by atomic mass is 15.4. The topological polar surface area (TPSA) is 21.8 Å². The van der Waals surface area contributed by atoms with Gasteiger partial charge in [-0.3, -0.25) is 9.80 Å². The molecule has 16 heavy (non-hydrogen) atoms. The van der Waals surface area contributed by atoms with Crippen molar-refractivity contribution in [2.45, 2.75) is 18.5 Å². The number of piperazine rings is 1. The van der Waals surface area contributed by atoms with Crippen LogP contribution < -0.4 is 5.32 Å². The number of nitrogens with one attached hydrogen (secondary N) is 1. The lowest BCUT2D eigenvalue weighted by Gasteiger charge is -2.49. The number of nitrogens with zero attached hydrogens (tertiary/aromatic N) is 3. The summed E-state index contributed by atoms with van der Waals surface area (Å²) >= 11 is 0. The van der Waals surface area contributed by atoms with Crippen LogP contribution in [-0.2, 0) is 0 Å². The van der Waals surface area contributed by atoms with E-state index in [1.807, 2.05) is 0 Å². The van der Waals surface area contributed by atoms with Gasteiger partial charge in [0.05, 0.1) is 0 Å². The molecule has 0 aliphatic carbocycles. The first-order valence-corrected chi connectivity index (χ1v) is 6.70. The van der Waals surface area contributed by atoms with Gasteiger partial charge in [-0.2, -0.15) is 0 Å². The predicted molar refractivity (Wildman–Crippen MR) is 65.7 cm³/mol. The van der Waals surface area contributed by atoms with Crippen molar-refractivity contribution in [3.05, 3.63) is 0 Å². The molecule has 0 spiro atoms. The number of hydrogen-bond donors (Lipinski definition) is 1. The maximum atomic E-state index is 3.46. The van der Waals surface area contributed by atoms with Crippen molar-refractivity contribution >= 4 is 0 Å². The molecule has 0 bridgehead atoms. The van der Waals surface area contributed by atoms with E-state index in [9.17, 15) is 0 Å². The molecule has 0 saturated carbocycles. The number of likely N-dealkylation sites (N-methyl/N-ethyl adjacent to an activating group) is 1. The summed E-state index contributed by atoms with van der Waals surface area (Å²) in [4.78, 5) is 7.80. The van der Waals surface area contributed by atoms with Crippen molar-refractivity contribution in [2.75, 3.05) is 59.4 Å². The lowest BCUT2D eigenvalue weighted by Crippen LogP contribution is -2.65. The van der Waals surface area contributed by atoms with Gasteiger partial charge in [0.25, 0.3) is 0 Å². The van der Waals surface area contributed by atoms with Crippen molar-refractivity contribution < 1.29 is 0 Å². The summed E-state index contributed by atoms with van der Waals surface area (Å²) in [5.41, 5.74) is 0. The van der Waals surface area contributed by atoms with Crippen LogP contribution in [0.1, 0.15) is 6.42 Å². The molecule has 3 aliphatic heterocycles. The van der Waals surface area contributed by atoms with Crippen molar-refractivity contribution in [2.24, 2.45) is 0 Å². The molecule has 92 valence electrons. The lowest BCUT2D eigenvalue weighted by molar-refractivity contribution is -0.00910. The second-order valence-electron chi connectivity index (χ2n) is 5.59. The van der Waals surface area contributed by atoms with Crippen LogP contribution >= 0.6 is 0 Å². The van der Waals surface area contributed by atoms with Crippen molar-refractivity contribution in [3.8, 4) is 0 Å². The summed E-state index contributed by atoms with van der Waals surface area (Å²) in [6, 6.07) is 1.69. The van der Waals surface area contributed by atoms with E-state index < -0.39 is 0 Å². The number of hydrogen-bond acceptors (Lipinski definition) is 4. The zero-order valence-electron chi connectivity index (χ0n) is 10.4. The Balaban J connectivity index is 1.42. The Morgan fingerprint density at radius 3 is 2.31 bits per heavy atom. The highest BCUT2D eigenvalue weighted by Gasteiger charge is 2.37. The van der Waals surface area contributed by atoms with Crippen LogP contribution in [0.15, 0.2) is 0 Å². The Morgan fingerprint density at radius 2 is 1.69 bits per heavy atom. The fourth-order valence-corrected chi connectivity index (χ4v) is 3.16. The summed E-state index contributed by atoms with van der Waals surface area (Å²) in [6.07, 6.45) is 1.36. The summed E-state index contributed by atoms with van der Waals surface area (Å²) < 4.78 is 0. The van der Waals surface area contributed by atoms with Gasteiger partial charge in [-0.15, -0.1) is 0 Å². The molecule has 0 aromatic heterocycles. The molecule has 3 rings (SSSR count). The molecule has 1 N–H and O–H groups in total. The van der Waals surface area contributed by atoms with Crippen molar-refractivity contribution in [3.63, 3.8) is 0 Å². The monoisotopic (exact) mass is 224 g/mol. The van der Waals surface area contributed by atoms with Gasteiger partial charge in [0.2, 0.25) is 0 Å². The largest absolute Gasteiger partial charge is 0.315 e. The predicted octanol–water partition coefficient (Wildman–Crippen LogP) is -0.720. The van der Waals surface area contributed by atoms with E-state index in [0.29, 0.717) is 0 Å². The SMILES string of the molecule is CN1CCN(C2CN(C3CCNC3)C2)CC1. The van der Waals surface area contributed by atoms with Gasteiger partial charge in [-0.25, -0.2) is 0 Å². The molecule has 1 atom stereocenters. The van der Waals surface area contributed by atoms with Crippen molar-refractivity contribution in [1.82, 2.24) is 20.0 Å². The van der Waals surface area contributed by atoms with Gasteiger partial charge in [0.15, 0.2) is 0 Å². The van der Waals surface area contributed by atoms with E-state index in [1.54, 1.807) is 0 Å². The molecule has 1 unspecified atom stereocenters. The third kappa shape index (κ3) is 2.12. The molecule has 0 amide bonds. The highest BCUT2D eigenvalue weighted by Crippen LogP contribution is 2.21. The molecule has 0 radical (unpaired) electrons. The van der Waals surface area contributed by atoms with E-state index in [2.05, 4.69) is 27.1 Å². The quantitative estimate of drug-likeness (QED) is 0.668. The van der Waals surface area contributed by atoms with E-state index in [4.69, 9.17) is 0 Å². The van der Waals surface area contributed by atoms with Crippen molar-refractivity contribution in [1.29, 1.82) is 0 Å². The Morgan fingerprint density at radius 1 is 0.938 bits per heavy atom. The molecular formula is C12H24N4. The normalized spacial score (nSPS) is 35.4. The standard InChI is InChI=1S/C12H24N4/c1-14-4-6-15(7-5-14)12-9-16(10-12)11-2-3-13-8-11/h11-13H,2-10H2,1H3. The minimum absolute atomic E-state index is 0.837. The first kappa shape index (κ1) is 11.0.